The minimum Gasteiger partial charge on any atom is -0.338 e. The zero-order valence-electron chi connectivity index (χ0n) is 10.9. The average Bonchev–Trinajstić information content (AvgIpc) is 2.95. The molecule has 2 rings (SSSR count). The highest BCUT2D eigenvalue weighted by Gasteiger charge is 2.16. The number of hydrogen-bond acceptors (Lipinski definition) is 2. The van der Waals surface area contributed by atoms with Crippen molar-refractivity contribution in [3.8, 4) is 0 Å². The highest BCUT2D eigenvalue weighted by atomic mass is 15.0. The van der Waals surface area contributed by atoms with Gasteiger partial charge in [-0.3, -0.25) is 0 Å². The van der Waals surface area contributed by atoms with Gasteiger partial charge in [0.1, 0.15) is 5.82 Å². The molecule has 0 radical (unpaired) electrons. The Kier molecular flexibility index (Phi) is 4.60. The zero-order chi connectivity index (χ0) is 12.1. The Bertz CT molecular complexity index is 326. The normalized spacial score (nSPS) is 18.7. The molecule has 0 aromatic carbocycles. The van der Waals surface area contributed by atoms with Crippen LogP contribution in [0.15, 0.2) is 12.4 Å². The molecule has 1 atom stereocenters. The van der Waals surface area contributed by atoms with Crippen LogP contribution in [0.3, 0.4) is 0 Å². The molecule has 3 heteroatoms. The Morgan fingerprint density at radius 3 is 2.82 bits per heavy atom. The van der Waals surface area contributed by atoms with Gasteiger partial charge < -0.3 is 10.3 Å². The SMILES string of the molecule is Cn1ccnc1CCC(N)CCC1CCCC1. The van der Waals surface area contributed by atoms with Gasteiger partial charge in [0.05, 0.1) is 0 Å². The lowest BCUT2D eigenvalue weighted by Gasteiger charge is -2.14. The molecule has 0 aliphatic heterocycles. The quantitative estimate of drug-likeness (QED) is 0.823. The van der Waals surface area contributed by atoms with Crippen molar-refractivity contribution in [2.75, 3.05) is 0 Å². The molecule has 2 N–H and O–H groups in total. The van der Waals surface area contributed by atoms with E-state index in [2.05, 4.69) is 9.55 Å². The topological polar surface area (TPSA) is 43.8 Å². The van der Waals surface area contributed by atoms with E-state index in [0.29, 0.717) is 6.04 Å². The van der Waals surface area contributed by atoms with Gasteiger partial charge in [-0.15, -0.1) is 0 Å². The van der Waals surface area contributed by atoms with E-state index < -0.39 is 0 Å². The smallest absolute Gasteiger partial charge is 0.108 e. The van der Waals surface area contributed by atoms with Crippen LogP contribution in [0.25, 0.3) is 0 Å². The molecule has 1 fully saturated rings. The number of aromatic nitrogens is 2. The van der Waals surface area contributed by atoms with Crippen molar-refractivity contribution in [2.24, 2.45) is 18.7 Å². The second kappa shape index (κ2) is 6.20. The fraction of sp³-hybridized carbons (Fsp3) is 0.786. The van der Waals surface area contributed by atoms with Crippen LogP contribution in [0, 0.1) is 5.92 Å². The van der Waals surface area contributed by atoms with Crippen molar-refractivity contribution < 1.29 is 0 Å². The summed E-state index contributed by atoms with van der Waals surface area (Å²) in [7, 11) is 2.05. The first-order valence-electron chi connectivity index (χ1n) is 6.97. The van der Waals surface area contributed by atoms with E-state index in [9.17, 15) is 0 Å². The van der Waals surface area contributed by atoms with Gasteiger partial charge in [-0.2, -0.15) is 0 Å². The van der Waals surface area contributed by atoms with E-state index in [1.807, 2.05) is 19.4 Å². The summed E-state index contributed by atoms with van der Waals surface area (Å²) in [6, 6.07) is 0.354. The second-order valence-electron chi connectivity index (χ2n) is 5.48. The van der Waals surface area contributed by atoms with Gasteiger partial charge >= 0.3 is 0 Å². The molecule has 3 nitrogen and oxygen atoms in total. The monoisotopic (exact) mass is 235 g/mol. The molecule has 1 aliphatic rings. The Morgan fingerprint density at radius 1 is 1.41 bits per heavy atom. The van der Waals surface area contributed by atoms with Gasteiger partial charge in [-0.25, -0.2) is 4.98 Å². The van der Waals surface area contributed by atoms with E-state index in [1.165, 1.54) is 38.5 Å². The summed E-state index contributed by atoms with van der Waals surface area (Å²) < 4.78 is 2.09. The summed E-state index contributed by atoms with van der Waals surface area (Å²) in [4.78, 5) is 4.33. The van der Waals surface area contributed by atoms with Crippen molar-refractivity contribution in [3.05, 3.63) is 18.2 Å². The summed E-state index contributed by atoms with van der Waals surface area (Å²) >= 11 is 0. The number of nitrogens with two attached hydrogens (primary N) is 1. The maximum absolute atomic E-state index is 6.18. The first kappa shape index (κ1) is 12.6. The summed E-state index contributed by atoms with van der Waals surface area (Å²) in [5, 5.41) is 0. The van der Waals surface area contributed by atoms with Gasteiger partial charge in [0.2, 0.25) is 0 Å². The van der Waals surface area contributed by atoms with Crippen LogP contribution in [-0.2, 0) is 13.5 Å². The van der Waals surface area contributed by atoms with Crippen molar-refractivity contribution in [1.82, 2.24) is 9.55 Å². The van der Waals surface area contributed by atoms with Crippen LogP contribution in [-0.4, -0.2) is 15.6 Å². The Hall–Kier alpha value is -0.830. The molecular formula is C14H25N3. The first-order chi connectivity index (χ1) is 8.25. The van der Waals surface area contributed by atoms with E-state index in [4.69, 9.17) is 5.73 Å². The summed E-state index contributed by atoms with van der Waals surface area (Å²) in [5.41, 5.74) is 6.18. The van der Waals surface area contributed by atoms with Crippen molar-refractivity contribution in [1.29, 1.82) is 0 Å². The van der Waals surface area contributed by atoms with Crippen LogP contribution >= 0.6 is 0 Å². The number of nitrogens with zero attached hydrogens (tertiary/aromatic N) is 2. The summed E-state index contributed by atoms with van der Waals surface area (Å²) in [6.45, 7) is 0. The van der Waals surface area contributed by atoms with Crippen LogP contribution in [0.5, 0.6) is 0 Å². The predicted molar refractivity (Wildman–Crippen MR) is 70.7 cm³/mol. The minimum atomic E-state index is 0.354. The third-order valence-corrected chi connectivity index (χ3v) is 4.08. The molecule has 1 heterocycles. The third kappa shape index (κ3) is 3.84. The van der Waals surface area contributed by atoms with Crippen LogP contribution in [0.4, 0.5) is 0 Å². The maximum atomic E-state index is 6.18. The molecule has 1 saturated carbocycles. The zero-order valence-corrected chi connectivity index (χ0v) is 10.9. The fourth-order valence-corrected chi connectivity index (χ4v) is 2.85. The molecule has 0 saturated heterocycles. The molecule has 1 aromatic heterocycles. The van der Waals surface area contributed by atoms with E-state index in [-0.39, 0.29) is 0 Å². The molecule has 17 heavy (non-hydrogen) atoms. The molecule has 96 valence electrons. The predicted octanol–water partition coefficient (Wildman–Crippen LogP) is 2.65. The molecule has 1 aromatic rings. The number of aryl methyl sites for hydroxylation is 2. The van der Waals surface area contributed by atoms with Gasteiger partial charge in [-0.1, -0.05) is 25.7 Å². The maximum Gasteiger partial charge on any atom is 0.108 e. The Balaban J connectivity index is 1.63. The Morgan fingerprint density at radius 2 is 2.18 bits per heavy atom. The lowest BCUT2D eigenvalue weighted by Crippen LogP contribution is -2.22. The van der Waals surface area contributed by atoms with Gasteiger partial charge in [0, 0.05) is 31.9 Å². The number of imidazole rings is 1. The van der Waals surface area contributed by atoms with Crippen LogP contribution in [0.1, 0.15) is 50.8 Å². The van der Waals surface area contributed by atoms with E-state index in [0.717, 1.165) is 24.6 Å². The van der Waals surface area contributed by atoms with Crippen molar-refractivity contribution in [3.63, 3.8) is 0 Å². The van der Waals surface area contributed by atoms with Crippen LogP contribution in [0.2, 0.25) is 0 Å². The molecule has 1 unspecified atom stereocenters. The van der Waals surface area contributed by atoms with E-state index >= 15 is 0 Å². The lowest BCUT2D eigenvalue weighted by molar-refractivity contribution is 0.435. The van der Waals surface area contributed by atoms with Gasteiger partial charge in [0.25, 0.3) is 0 Å². The largest absolute Gasteiger partial charge is 0.338 e. The minimum absolute atomic E-state index is 0.354. The van der Waals surface area contributed by atoms with Gasteiger partial charge in [0.15, 0.2) is 0 Å². The first-order valence-corrected chi connectivity index (χ1v) is 6.97. The fourth-order valence-electron chi connectivity index (χ4n) is 2.85. The van der Waals surface area contributed by atoms with Gasteiger partial charge in [-0.05, 0) is 25.2 Å². The van der Waals surface area contributed by atoms with Crippen molar-refractivity contribution in [2.45, 2.75) is 57.4 Å². The highest BCUT2D eigenvalue weighted by Crippen LogP contribution is 2.29. The third-order valence-electron chi connectivity index (χ3n) is 4.08. The second-order valence-corrected chi connectivity index (χ2v) is 5.48. The summed E-state index contributed by atoms with van der Waals surface area (Å²) in [5.74, 6) is 2.12. The summed E-state index contributed by atoms with van der Waals surface area (Å²) in [6.07, 6.45) is 14.2. The average molecular weight is 235 g/mol. The molecule has 1 aliphatic carbocycles. The molecular weight excluding hydrogens is 210 g/mol. The lowest BCUT2D eigenvalue weighted by atomic mass is 9.97. The molecule has 0 spiro atoms. The van der Waals surface area contributed by atoms with Crippen LogP contribution < -0.4 is 5.73 Å². The molecule has 0 amide bonds. The highest BCUT2D eigenvalue weighted by molar-refractivity contribution is 4.91. The van der Waals surface area contributed by atoms with Crippen molar-refractivity contribution >= 4 is 0 Å². The number of hydrogen-bond donors (Lipinski definition) is 1. The Labute approximate surface area is 104 Å². The molecule has 0 bridgehead atoms. The number of rotatable bonds is 6. The standard InChI is InChI=1S/C14H25N3/c1-17-11-10-16-14(17)9-8-13(15)7-6-12-4-2-3-5-12/h10-13H,2-9,15H2,1H3. The van der Waals surface area contributed by atoms with E-state index in [1.54, 1.807) is 0 Å².